The van der Waals surface area contributed by atoms with Gasteiger partial charge in [0.1, 0.15) is 5.69 Å². The molecule has 0 spiro atoms. The summed E-state index contributed by atoms with van der Waals surface area (Å²) in [6, 6.07) is 2.24. The second kappa shape index (κ2) is 4.25. The van der Waals surface area contributed by atoms with E-state index in [1.807, 2.05) is 6.92 Å². The quantitative estimate of drug-likeness (QED) is 0.744. The molecule has 0 amide bonds. The van der Waals surface area contributed by atoms with E-state index >= 15 is 0 Å². The second-order valence-electron chi connectivity index (χ2n) is 3.95. The maximum atomic E-state index is 13.7. The van der Waals surface area contributed by atoms with Crippen LogP contribution in [0.4, 0.5) is 20.2 Å². The number of anilines is 2. The first kappa shape index (κ1) is 11.1. The number of ether oxygens (including phenoxy) is 1. The molecule has 5 heteroatoms. The SMILES string of the molecule is CC1COCCN1c1c(F)cc(N)cc1F. The number of rotatable bonds is 1. The molecule has 1 atom stereocenters. The minimum atomic E-state index is -0.619. The van der Waals surface area contributed by atoms with E-state index < -0.39 is 11.6 Å². The van der Waals surface area contributed by atoms with Crippen molar-refractivity contribution in [3.05, 3.63) is 23.8 Å². The predicted octanol–water partition coefficient (Wildman–Crippen LogP) is 1.77. The number of nitrogen functional groups attached to an aromatic ring is 1. The van der Waals surface area contributed by atoms with Gasteiger partial charge < -0.3 is 15.4 Å². The average molecular weight is 228 g/mol. The first-order valence-corrected chi connectivity index (χ1v) is 5.18. The van der Waals surface area contributed by atoms with Gasteiger partial charge in [-0.15, -0.1) is 0 Å². The minimum Gasteiger partial charge on any atom is -0.399 e. The van der Waals surface area contributed by atoms with Gasteiger partial charge >= 0.3 is 0 Å². The highest BCUT2D eigenvalue weighted by atomic mass is 19.1. The van der Waals surface area contributed by atoms with Gasteiger partial charge in [-0.3, -0.25) is 0 Å². The minimum absolute atomic E-state index is 0.00926. The molecule has 0 bridgehead atoms. The van der Waals surface area contributed by atoms with Gasteiger partial charge in [-0.25, -0.2) is 8.78 Å². The lowest BCUT2D eigenvalue weighted by Crippen LogP contribution is -2.44. The molecule has 1 aliphatic heterocycles. The number of nitrogens with zero attached hydrogens (tertiary/aromatic N) is 1. The smallest absolute Gasteiger partial charge is 0.151 e. The molecule has 1 heterocycles. The van der Waals surface area contributed by atoms with Crippen molar-refractivity contribution in [2.24, 2.45) is 0 Å². The Kier molecular flexibility index (Phi) is 2.96. The fourth-order valence-electron chi connectivity index (χ4n) is 1.92. The van der Waals surface area contributed by atoms with Crippen molar-refractivity contribution in [2.45, 2.75) is 13.0 Å². The lowest BCUT2D eigenvalue weighted by Gasteiger charge is -2.35. The maximum Gasteiger partial charge on any atom is 0.151 e. The normalized spacial score (nSPS) is 21.2. The van der Waals surface area contributed by atoms with Crippen LogP contribution < -0.4 is 10.6 Å². The summed E-state index contributed by atoms with van der Waals surface area (Å²) in [5.41, 5.74) is 5.46. The van der Waals surface area contributed by atoms with Crippen molar-refractivity contribution in [1.29, 1.82) is 0 Å². The zero-order valence-corrected chi connectivity index (χ0v) is 9.04. The zero-order valence-electron chi connectivity index (χ0n) is 9.04. The highest BCUT2D eigenvalue weighted by Gasteiger charge is 2.24. The standard InChI is InChI=1S/C11H14F2N2O/c1-7-6-16-3-2-15(7)11-9(12)4-8(14)5-10(11)13/h4-5,7H,2-3,6,14H2,1H3. The van der Waals surface area contributed by atoms with E-state index in [2.05, 4.69) is 0 Å². The number of nitrogens with two attached hydrogens (primary N) is 1. The van der Waals surface area contributed by atoms with Crippen LogP contribution in [0.3, 0.4) is 0 Å². The second-order valence-corrected chi connectivity index (χ2v) is 3.95. The Balaban J connectivity index is 2.38. The summed E-state index contributed by atoms with van der Waals surface area (Å²) >= 11 is 0. The molecule has 1 aliphatic rings. The third-order valence-electron chi connectivity index (χ3n) is 2.69. The summed E-state index contributed by atoms with van der Waals surface area (Å²) in [6.45, 7) is 3.31. The van der Waals surface area contributed by atoms with Crippen molar-refractivity contribution in [2.75, 3.05) is 30.4 Å². The van der Waals surface area contributed by atoms with Crippen LogP contribution in [0.25, 0.3) is 0 Å². The van der Waals surface area contributed by atoms with Gasteiger partial charge in [-0.2, -0.15) is 0 Å². The number of hydrogen-bond donors (Lipinski definition) is 1. The fourth-order valence-corrected chi connectivity index (χ4v) is 1.92. The van der Waals surface area contributed by atoms with Crippen LogP contribution in [0.5, 0.6) is 0 Å². The van der Waals surface area contributed by atoms with E-state index in [-0.39, 0.29) is 17.4 Å². The number of morpholine rings is 1. The summed E-state index contributed by atoms with van der Waals surface area (Å²) in [5, 5.41) is 0. The molecule has 0 saturated carbocycles. The van der Waals surface area contributed by atoms with E-state index in [0.29, 0.717) is 19.8 Å². The predicted molar refractivity (Wildman–Crippen MR) is 58.4 cm³/mol. The van der Waals surface area contributed by atoms with Gasteiger partial charge in [-0.05, 0) is 19.1 Å². The summed E-state index contributed by atoms with van der Waals surface area (Å²) in [6.07, 6.45) is 0. The molecule has 1 aromatic carbocycles. The zero-order chi connectivity index (χ0) is 11.7. The third-order valence-corrected chi connectivity index (χ3v) is 2.69. The van der Waals surface area contributed by atoms with E-state index in [0.717, 1.165) is 12.1 Å². The van der Waals surface area contributed by atoms with E-state index in [4.69, 9.17) is 10.5 Å². The highest BCUT2D eigenvalue weighted by Crippen LogP contribution is 2.28. The Labute approximate surface area is 92.8 Å². The largest absolute Gasteiger partial charge is 0.399 e. The molecular formula is C11H14F2N2O. The van der Waals surface area contributed by atoms with Gasteiger partial charge in [0.15, 0.2) is 11.6 Å². The molecular weight excluding hydrogens is 214 g/mol. The topological polar surface area (TPSA) is 38.5 Å². The maximum absolute atomic E-state index is 13.7. The number of benzene rings is 1. The Hall–Kier alpha value is -1.36. The molecule has 1 fully saturated rings. The summed E-state index contributed by atoms with van der Waals surface area (Å²) in [4.78, 5) is 1.67. The van der Waals surface area contributed by atoms with Gasteiger partial charge in [0, 0.05) is 18.3 Å². The van der Waals surface area contributed by atoms with Crippen LogP contribution in [0.15, 0.2) is 12.1 Å². The van der Waals surface area contributed by atoms with Gasteiger partial charge in [-0.1, -0.05) is 0 Å². The summed E-state index contributed by atoms with van der Waals surface area (Å²) in [5.74, 6) is -1.24. The van der Waals surface area contributed by atoms with Crippen molar-refractivity contribution in [1.82, 2.24) is 0 Å². The van der Waals surface area contributed by atoms with E-state index in [1.54, 1.807) is 4.90 Å². The molecule has 2 N–H and O–H groups in total. The van der Waals surface area contributed by atoms with Crippen LogP contribution in [0, 0.1) is 11.6 Å². The third kappa shape index (κ3) is 1.95. The molecule has 1 aromatic rings. The van der Waals surface area contributed by atoms with Crippen molar-refractivity contribution >= 4 is 11.4 Å². The number of hydrogen-bond acceptors (Lipinski definition) is 3. The highest BCUT2D eigenvalue weighted by molar-refractivity contribution is 5.56. The summed E-state index contributed by atoms with van der Waals surface area (Å²) in [7, 11) is 0. The molecule has 3 nitrogen and oxygen atoms in total. The molecule has 1 saturated heterocycles. The van der Waals surface area contributed by atoms with Crippen molar-refractivity contribution in [3.8, 4) is 0 Å². The monoisotopic (exact) mass is 228 g/mol. The molecule has 0 aliphatic carbocycles. The Morgan fingerprint density at radius 2 is 2.00 bits per heavy atom. The van der Waals surface area contributed by atoms with Crippen LogP contribution in [-0.4, -0.2) is 25.8 Å². The van der Waals surface area contributed by atoms with Crippen LogP contribution in [-0.2, 0) is 4.74 Å². The first-order valence-electron chi connectivity index (χ1n) is 5.18. The van der Waals surface area contributed by atoms with E-state index in [9.17, 15) is 8.78 Å². The molecule has 2 rings (SSSR count). The van der Waals surface area contributed by atoms with Crippen LogP contribution in [0.2, 0.25) is 0 Å². The number of halogens is 2. The molecule has 0 aromatic heterocycles. The molecule has 88 valence electrons. The molecule has 1 unspecified atom stereocenters. The Morgan fingerprint density at radius 3 is 2.56 bits per heavy atom. The van der Waals surface area contributed by atoms with E-state index in [1.165, 1.54) is 0 Å². The summed E-state index contributed by atoms with van der Waals surface area (Å²) < 4.78 is 32.6. The van der Waals surface area contributed by atoms with Gasteiger partial charge in [0.05, 0.1) is 13.2 Å². The molecule has 0 radical (unpaired) electrons. The molecule has 16 heavy (non-hydrogen) atoms. The Morgan fingerprint density at radius 1 is 1.38 bits per heavy atom. The Bertz CT molecular complexity index is 375. The lowest BCUT2D eigenvalue weighted by molar-refractivity contribution is 0.0982. The van der Waals surface area contributed by atoms with Crippen molar-refractivity contribution < 1.29 is 13.5 Å². The average Bonchev–Trinajstić information content (AvgIpc) is 2.19. The first-order chi connectivity index (χ1) is 7.59. The van der Waals surface area contributed by atoms with Crippen LogP contribution in [0.1, 0.15) is 6.92 Å². The van der Waals surface area contributed by atoms with Crippen LogP contribution >= 0.6 is 0 Å². The fraction of sp³-hybridized carbons (Fsp3) is 0.455. The van der Waals surface area contributed by atoms with Gasteiger partial charge in [0.2, 0.25) is 0 Å². The lowest BCUT2D eigenvalue weighted by atomic mass is 10.2. The van der Waals surface area contributed by atoms with Crippen molar-refractivity contribution in [3.63, 3.8) is 0 Å². The van der Waals surface area contributed by atoms with Gasteiger partial charge in [0.25, 0.3) is 0 Å².